The fourth-order valence-electron chi connectivity index (χ4n) is 3.46. The number of amides is 1. The molecule has 37 heavy (non-hydrogen) atoms. The van der Waals surface area contributed by atoms with Gasteiger partial charge in [-0.2, -0.15) is 26.3 Å². The largest absolute Gasteiger partial charge is 0.435 e. The first kappa shape index (κ1) is 26.0. The lowest BCUT2D eigenvalue weighted by Crippen LogP contribution is -2.31. The van der Waals surface area contributed by atoms with Crippen molar-refractivity contribution in [1.82, 2.24) is 5.48 Å². The first-order valence-corrected chi connectivity index (χ1v) is 10.8. The standard InChI is InChI=1S/C24H15ClF6N4O2/c25-14-4-3-5-15(11-14)33-22(36)37-35-20-12-32-21(16-6-1-2-7-18(16)24(29,30)31)17-10-13(23(26,27)28)8-9-19(17)34-20/h1-11H,12H2,(H,33,36)(H,34,35). The Kier molecular flexibility index (Phi) is 7.12. The van der Waals surface area contributed by atoms with E-state index in [2.05, 4.69) is 20.8 Å². The number of nitrogens with one attached hydrogen (secondary N) is 2. The zero-order valence-electron chi connectivity index (χ0n) is 18.4. The van der Waals surface area contributed by atoms with Crippen molar-refractivity contribution in [3.05, 3.63) is 94.0 Å². The van der Waals surface area contributed by atoms with Crippen LogP contribution in [0.15, 0.2) is 76.7 Å². The summed E-state index contributed by atoms with van der Waals surface area (Å²) in [6, 6.07) is 13.0. The minimum Gasteiger partial charge on any atom is -0.323 e. The predicted octanol–water partition coefficient (Wildman–Crippen LogP) is 7.01. The van der Waals surface area contributed by atoms with E-state index in [1.165, 1.54) is 12.1 Å². The molecule has 0 bridgehead atoms. The Morgan fingerprint density at radius 3 is 2.35 bits per heavy atom. The van der Waals surface area contributed by atoms with E-state index in [0.29, 0.717) is 16.8 Å². The van der Waals surface area contributed by atoms with E-state index in [4.69, 9.17) is 16.4 Å². The van der Waals surface area contributed by atoms with Gasteiger partial charge in [0.15, 0.2) is 5.84 Å². The Morgan fingerprint density at radius 2 is 1.65 bits per heavy atom. The molecule has 1 aliphatic rings. The third-order valence-corrected chi connectivity index (χ3v) is 5.28. The second-order valence-corrected chi connectivity index (χ2v) is 8.06. The summed E-state index contributed by atoms with van der Waals surface area (Å²) in [5.74, 6) is -0.137. The molecule has 0 aliphatic carbocycles. The number of rotatable bonds is 2. The summed E-state index contributed by atoms with van der Waals surface area (Å²) in [5.41, 5.74) is -0.754. The molecule has 1 amide bonds. The van der Waals surface area contributed by atoms with E-state index >= 15 is 0 Å². The predicted molar refractivity (Wildman–Crippen MR) is 125 cm³/mol. The van der Waals surface area contributed by atoms with Crippen LogP contribution in [0.2, 0.25) is 5.02 Å². The number of aliphatic imine (C=N–C) groups is 2. The first-order chi connectivity index (χ1) is 17.4. The number of benzene rings is 3. The van der Waals surface area contributed by atoms with Crippen LogP contribution in [0.4, 0.5) is 42.5 Å². The van der Waals surface area contributed by atoms with E-state index in [0.717, 1.165) is 30.3 Å². The van der Waals surface area contributed by atoms with Crippen molar-refractivity contribution in [2.75, 3.05) is 11.9 Å². The Morgan fingerprint density at radius 1 is 0.892 bits per heavy atom. The normalized spacial score (nSPS) is 13.6. The fraction of sp³-hybridized carbons (Fsp3) is 0.125. The van der Waals surface area contributed by atoms with E-state index in [9.17, 15) is 31.1 Å². The third kappa shape index (κ3) is 6.20. The lowest BCUT2D eigenvalue weighted by Gasteiger charge is -2.16. The molecule has 0 spiro atoms. The maximum Gasteiger partial charge on any atom is 0.435 e. The van der Waals surface area contributed by atoms with Crippen molar-refractivity contribution < 1.29 is 36.0 Å². The van der Waals surface area contributed by atoms with Gasteiger partial charge in [-0.05, 0) is 42.5 Å². The van der Waals surface area contributed by atoms with Gasteiger partial charge < -0.3 is 4.84 Å². The number of fused-ring (bicyclic) bond motifs is 1. The number of halogens is 7. The van der Waals surface area contributed by atoms with Crippen molar-refractivity contribution in [3.63, 3.8) is 0 Å². The number of carbonyl (C=O) groups is 1. The van der Waals surface area contributed by atoms with Crippen molar-refractivity contribution in [2.45, 2.75) is 12.4 Å². The van der Waals surface area contributed by atoms with E-state index in [1.54, 1.807) is 18.2 Å². The molecule has 1 heterocycles. The highest BCUT2D eigenvalue weighted by Gasteiger charge is 2.36. The summed E-state index contributed by atoms with van der Waals surface area (Å²) in [7, 11) is 0. The number of anilines is 1. The average molecular weight is 541 g/mol. The number of hydrogen-bond acceptors (Lipinski definition) is 5. The van der Waals surface area contributed by atoms with Crippen LogP contribution >= 0.6 is 11.6 Å². The lowest BCUT2D eigenvalue weighted by molar-refractivity contribution is -0.138. The molecule has 0 saturated carbocycles. The molecule has 4 rings (SSSR count). The highest BCUT2D eigenvalue weighted by molar-refractivity contribution is 6.30. The van der Waals surface area contributed by atoms with Crippen molar-refractivity contribution in [3.8, 4) is 0 Å². The number of carbonyl (C=O) groups excluding carboxylic acids is 1. The monoisotopic (exact) mass is 540 g/mol. The maximum atomic E-state index is 13.7. The van der Waals surface area contributed by atoms with Crippen LogP contribution in [0.3, 0.4) is 0 Å². The Bertz CT molecular complexity index is 1400. The van der Waals surface area contributed by atoms with Gasteiger partial charge in [-0.3, -0.25) is 10.3 Å². The highest BCUT2D eigenvalue weighted by atomic mass is 35.5. The highest BCUT2D eigenvalue weighted by Crippen LogP contribution is 2.37. The van der Waals surface area contributed by atoms with E-state index in [1.807, 2.05) is 0 Å². The van der Waals surface area contributed by atoms with E-state index < -0.39 is 41.7 Å². The lowest BCUT2D eigenvalue weighted by atomic mass is 9.94. The van der Waals surface area contributed by atoms with Gasteiger partial charge in [-0.15, -0.1) is 0 Å². The molecule has 0 atom stereocenters. The quantitative estimate of drug-likeness (QED) is 0.271. The molecule has 0 radical (unpaired) electrons. The topological polar surface area (TPSA) is 75.1 Å². The molecule has 0 aromatic heterocycles. The van der Waals surface area contributed by atoms with Crippen LogP contribution in [0.25, 0.3) is 0 Å². The summed E-state index contributed by atoms with van der Waals surface area (Å²) < 4.78 is 81.3. The molecule has 6 nitrogen and oxygen atoms in total. The molecule has 3 aromatic carbocycles. The fourth-order valence-corrected chi connectivity index (χ4v) is 3.65. The van der Waals surface area contributed by atoms with Gasteiger partial charge >= 0.3 is 18.4 Å². The summed E-state index contributed by atoms with van der Waals surface area (Å²) >= 11 is 5.85. The number of amidine groups is 1. The van der Waals surface area contributed by atoms with Crippen LogP contribution in [-0.4, -0.2) is 24.2 Å². The van der Waals surface area contributed by atoms with Gasteiger partial charge in [0, 0.05) is 21.8 Å². The maximum absolute atomic E-state index is 13.7. The van der Waals surface area contributed by atoms with Crippen LogP contribution in [-0.2, 0) is 17.2 Å². The number of nitrogens with zero attached hydrogens (tertiary/aromatic N) is 2. The Hall–Kier alpha value is -4.06. The zero-order chi connectivity index (χ0) is 26.8. The zero-order valence-corrected chi connectivity index (χ0v) is 19.2. The molecule has 2 N–H and O–H groups in total. The van der Waals surface area contributed by atoms with Crippen molar-refractivity contribution in [1.29, 1.82) is 0 Å². The molecular formula is C24H15ClF6N4O2. The van der Waals surface area contributed by atoms with Crippen LogP contribution < -0.4 is 10.8 Å². The van der Waals surface area contributed by atoms with Gasteiger partial charge in [0.2, 0.25) is 0 Å². The van der Waals surface area contributed by atoms with Gasteiger partial charge in [-0.1, -0.05) is 35.9 Å². The molecule has 0 saturated heterocycles. The van der Waals surface area contributed by atoms with Crippen molar-refractivity contribution in [2.24, 2.45) is 9.98 Å². The van der Waals surface area contributed by atoms with Crippen molar-refractivity contribution >= 4 is 40.6 Å². The SMILES string of the molecule is O=C(Nc1cccc(Cl)c1)ONC1=Nc2ccc(C(F)(F)F)cc2C(c2ccccc2C(F)(F)F)=NC1. The number of alkyl halides is 6. The molecule has 0 fully saturated rings. The molecule has 0 unspecified atom stereocenters. The number of hydrogen-bond donors (Lipinski definition) is 2. The Labute approximate surface area is 210 Å². The molecule has 192 valence electrons. The van der Waals surface area contributed by atoms with Crippen LogP contribution in [0.5, 0.6) is 0 Å². The Balaban J connectivity index is 1.68. The molecule has 13 heteroatoms. The first-order valence-electron chi connectivity index (χ1n) is 10.4. The summed E-state index contributed by atoms with van der Waals surface area (Å²) in [4.78, 5) is 25.3. The van der Waals surface area contributed by atoms with Gasteiger partial charge in [0.25, 0.3) is 0 Å². The smallest absolute Gasteiger partial charge is 0.323 e. The second-order valence-electron chi connectivity index (χ2n) is 7.62. The summed E-state index contributed by atoms with van der Waals surface area (Å²) in [6.45, 7) is -0.429. The molecule has 1 aliphatic heterocycles. The van der Waals surface area contributed by atoms with Gasteiger partial charge in [0.1, 0.15) is 6.54 Å². The average Bonchev–Trinajstić information content (AvgIpc) is 3.00. The minimum absolute atomic E-state index is 0.109. The van der Waals surface area contributed by atoms with Gasteiger partial charge in [-0.25, -0.2) is 15.3 Å². The van der Waals surface area contributed by atoms with Crippen LogP contribution in [0, 0.1) is 0 Å². The summed E-state index contributed by atoms with van der Waals surface area (Å²) in [6.07, 6.45) is -10.5. The minimum atomic E-state index is -4.79. The number of hydroxylamine groups is 1. The second kappa shape index (κ2) is 10.1. The van der Waals surface area contributed by atoms with Gasteiger partial charge in [0.05, 0.1) is 22.5 Å². The van der Waals surface area contributed by atoms with Crippen LogP contribution in [0.1, 0.15) is 22.3 Å². The molecular weight excluding hydrogens is 526 g/mol. The third-order valence-electron chi connectivity index (χ3n) is 5.04. The molecule has 3 aromatic rings. The summed E-state index contributed by atoms with van der Waals surface area (Å²) in [5, 5.41) is 2.75. The van der Waals surface area contributed by atoms with E-state index in [-0.39, 0.29) is 22.8 Å².